The van der Waals surface area contributed by atoms with Crippen LogP contribution in [-0.2, 0) is 14.3 Å². The molecule has 4 rings (SSSR count). The number of methoxy groups -OCH3 is 1. The van der Waals surface area contributed by atoms with Gasteiger partial charge in [-0.25, -0.2) is 9.59 Å². The molecule has 2 aliphatic rings. The molecule has 0 spiro atoms. The van der Waals surface area contributed by atoms with Gasteiger partial charge in [0.1, 0.15) is 17.1 Å². The third-order valence-electron chi connectivity index (χ3n) is 3.90. The fourth-order valence-electron chi connectivity index (χ4n) is 2.69. The molecule has 0 saturated carbocycles. The molecule has 0 bridgehead atoms. The lowest BCUT2D eigenvalue weighted by atomic mass is 10.0. The molecule has 2 aromatic carbocycles. The van der Waals surface area contributed by atoms with Gasteiger partial charge in [-0.3, -0.25) is 0 Å². The number of hydrogen-bond donors (Lipinski definition) is 0. The second-order valence-corrected chi connectivity index (χ2v) is 5.30. The maximum absolute atomic E-state index is 12.2. The standard InChI is InChI=1S/C19H12O5/c1-22-12-8-6-11(7-9-12)16-10-15(19(21)23-16)17-13-4-2-3-5-14(13)18(20)24-17/h2-10H,1H3/b17-15+. The monoisotopic (exact) mass is 320 g/mol. The van der Waals surface area contributed by atoms with Crippen LogP contribution in [0.2, 0.25) is 0 Å². The van der Waals surface area contributed by atoms with Crippen molar-refractivity contribution in [1.29, 1.82) is 0 Å². The summed E-state index contributed by atoms with van der Waals surface area (Å²) in [5, 5.41) is 0. The summed E-state index contributed by atoms with van der Waals surface area (Å²) in [6, 6.07) is 14.1. The number of esters is 2. The zero-order valence-electron chi connectivity index (χ0n) is 12.7. The largest absolute Gasteiger partial charge is 0.497 e. The molecule has 2 aliphatic heterocycles. The van der Waals surface area contributed by atoms with Crippen LogP contribution in [0.5, 0.6) is 5.75 Å². The third-order valence-corrected chi connectivity index (χ3v) is 3.90. The summed E-state index contributed by atoms with van der Waals surface area (Å²) in [4.78, 5) is 24.2. The van der Waals surface area contributed by atoms with Gasteiger partial charge in [0.15, 0.2) is 5.76 Å². The molecular weight excluding hydrogens is 308 g/mol. The van der Waals surface area contributed by atoms with E-state index in [1.807, 2.05) is 0 Å². The van der Waals surface area contributed by atoms with Gasteiger partial charge >= 0.3 is 11.9 Å². The molecule has 0 atom stereocenters. The fraction of sp³-hybridized carbons (Fsp3) is 0.0526. The predicted octanol–water partition coefficient (Wildman–Crippen LogP) is 3.17. The van der Waals surface area contributed by atoms with Gasteiger partial charge in [-0.15, -0.1) is 0 Å². The lowest BCUT2D eigenvalue weighted by molar-refractivity contribution is -0.130. The van der Waals surface area contributed by atoms with E-state index in [2.05, 4.69) is 0 Å². The first-order valence-electron chi connectivity index (χ1n) is 7.31. The van der Waals surface area contributed by atoms with Gasteiger partial charge in [0, 0.05) is 11.1 Å². The van der Waals surface area contributed by atoms with E-state index >= 15 is 0 Å². The summed E-state index contributed by atoms with van der Waals surface area (Å²) in [7, 11) is 1.58. The highest BCUT2D eigenvalue weighted by atomic mass is 16.6. The number of carbonyl (C=O) groups excluding carboxylic acids is 2. The first kappa shape index (κ1) is 14.3. The van der Waals surface area contributed by atoms with Crippen LogP contribution in [-0.4, -0.2) is 19.0 Å². The molecule has 0 radical (unpaired) electrons. The number of ether oxygens (including phenoxy) is 3. The quantitative estimate of drug-likeness (QED) is 0.628. The molecule has 2 heterocycles. The average molecular weight is 320 g/mol. The molecule has 24 heavy (non-hydrogen) atoms. The van der Waals surface area contributed by atoms with Crippen molar-refractivity contribution in [3.63, 3.8) is 0 Å². The number of fused-ring (bicyclic) bond motifs is 1. The van der Waals surface area contributed by atoms with Gasteiger partial charge in [-0.05, 0) is 36.4 Å². The van der Waals surface area contributed by atoms with Crippen LogP contribution in [0.1, 0.15) is 21.5 Å². The molecule has 2 aromatic rings. The van der Waals surface area contributed by atoms with E-state index in [1.165, 1.54) is 0 Å². The maximum atomic E-state index is 12.2. The molecular formula is C19H12O5. The second kappa shape index (κ2) is 5.38. The number of rotatable bonds is 2. The Morgan fingerprint density at radius 2 is 1.54 bits per heavy atom. The predicted molar refractivity (Wildman–Crippen MR) is 85.8 cm³/mol. The molecule has 0 saturated heterocycles. The Bertz CT molecular complexity index is 919. The van der Waals surface area contributed by atoms with Gasteiger partial charge in [0.25, 0.3) is 0 Å². The van der Waals surface area contributed by atoms with Crippen LogP contribution in [0.15, 0.2) is 60.2 Å². The van der Waals surface area contributed by atoms with Gasteiger partial charge in [0.2, 0.25) is 0 Å². The SMILES string of the molecule is COc1ccc(C2=C/C(=C3\OC(=O)c4ccccc43)C(=O)O2)cc1. The molecule has 0 amide bonds. The highest BCUT2D eigenvalue weighted by Crippen LogP contribution is 2.37. The first-order chi connectivity index (χ1) is 11.7. The van der Waals surface area contributed by atoms with Crippen molar-refractivity contribution in [2.75, 3.05) is 7.11 Å². The number of cyclic esters (lactones) is 2. The summed E-state index contributed by atoms with van der Waals surface area (Å²) in [6.45, 7) is 0. The minimum atomic E-state index is -0.541. The van der Waals surface area contributed by atoms with Crippen molar-refractivity contribution in [1.82, 2.24) is 0 Å². The maximum Gasteiger partial charge on any atom is 0.347 e. The molecule has 0 aliphatic carbocycles. The number of benzene rings is 2. The summed E-state index contributed by atoms with van der Waals surface area (Å²) < 4.78 is 15.7. The fourth-order valence-corrected chi connectivity index (χ4v) is 2.69. The van der Waals surface area contributed by atoms with Crippen molar-refractivity contribution in [2.45, 2.75) is 0 Å². The zero-order chi connectivity index (χ0) is 16.7. The summed E-state index contributed by atoms with van der Waals surface area (Å²) in [5.41, 5.74) is 2.01. The Hall–Kier alpha value is -3.34. The van der Waals surface area contributed by atoms with E-state index in [0.717, 1.165) is 5.56 Å². The van der Waals surface area contributed by atoms with Crippen LogP contribution >= 0.6 is 0 Å². The number of hydrogen-bond acceptors (Lipinski definition) is 5. The average Bonchev–Trinajstić information content (AvgIpc) is 3.16. The Kier molecular flexibility index (Phi) is 3.20. The van der Waals surface area contributed by atoms with E-state index in [4.69, 9.17) is 14.2 Å². The number of carbonyl (C=O) groups is 2. The minimum absolute atomic E-state index is 0.235. The Balaban J connectivity index is 1.78. The Morgan fingerprint density at radius 3 is 2.25 bits per heavy atom. The Labute approximate surface area is 137 Å². The van der Waals surface area contributed by atoms with E-state index in [9.17, 15) is 9.59 Å². The van der Waals surface area contributed by atoms with Crippen LogP contribution < -0.4 is 4.74 Å². The zero-order valence-corrected chi connectivity index (χ0v) is 12.7. The van der Waals surface area contributed by atoms with Crippen LogP contribution in [0.3, 0.4) is 0 Å². The Morgan fingerprint density at radius 1 is 0.833 bits per heavy atom. The van der Waals surface area contributed by atoms with E-state index < -0.39 is 11.9 Å². The topological polar surface area (TPSA) is 61.8 Å². The molecule has 0 unspecified atom stereocenters. The highest BCUT2D eigenvalue weighted by Gasteiger charge is 2.34. The first-order valence-corrected chi connectivity index (χ1v) is 7.31. The highest BCUT2D eigenvalue weighted by molar-refractivity contribution is 6.12. The van der Waals surface area contributed by atoms with Crippen molar-refractivity contribution < 1.29 is 23.8 Å². The lowest BCUT2D eigenvalue weighted by Crippen LogP contribution is -2.01. The lowest BCUT2D eigenvalue weighted by Gasteiger charge is -2.03. The van der Waals surface area contributed by atoms with Crippen molar-refractivity contribution in [3.8, 4) is 5.75 Å². The molecule has 5 heteroatoms. The second-order valence-electron chi connectivity index (χ2n) is 5.30. The normalized spacial score (nSPS) is 18.8. The van der Waals surface area contributed by atoms with E-state index in [0.29, 0.717) is 22.6 Å². The van der Waals surface area contributed by atoms with E-state index in [1.54, 1.807) is 61.7 Å². The minimum Gasteiger partial charge on any atom is -0.497 e. The van der Waals surface area contributed by atoms with Gasteiger partial charge < -0.3 is 14.2 Å². The van der Waals surface area contributed by atoms with Crippen LogP contribution in [0.4, 0.5) is 0 Å². The smallest absolute Gasteiger partial charge is 0.347 e. The van der Waals surface area contributed by atoms with E-state index in [-0.39, 0.29) is 11.3 Å². The molecule has 0 N–H and O–H groups in total. The van der Waals surface area contributed by atoms with Crippen molar-refractivity contribution in [3.05, 3.63) is 76.9 Å². The van der Waals surface area contributed by atoms with Gasteiger partial charge in [0.05, 0.1) is 12.7 Å². The summed E-state index contributed by atoms with van der Waals surface area (Å²) >= 11 is 0. The van der Waals surface area contributed by atoms with Crippen LogP contribution in [0.25, 0.3) is 11.5 Å². The third kappa shape index (κ3) is 2.18. The van der Waals surface area contributed by atoms with Crippen molar-refractivity contribution >= 4 is 23.5 Å². The molecule has 0 fully saturated rings. The van der Waals surface area contributed by atoms with Gasteiger partial charge in [-0.1, -0.05) is 18.2 Å². The summed E-state index contributed by atoms with van der Waals surface area (Å²) in [6.07, 6.45) is 1.59. The summed E-state index contributed by atoms with van der Waals surface area (Å²) in [5.74, 6) is 0.350. The van der Waals surface area contributed by atoms with Crippen molar-refractivity contribution in [2.24, 2.45) is 0 Å². The van der Waals surface area contributed by atoms with Gasteiger partial charge in [-0.2, -0.15) is 0 Å². The molecule has 0 aromatic heterocycles. The molecule has 118 valence electrons. The van der Waals surface area contributed by atoms with Crippen LogP contribution in [0, 0.1) is 0 Å². The molecule has 5 nitrogen and oxygen atoms in total.